The third-order valence-corrected chi connectivity index (χ3v) is 4.68. The maximum Gasteiger partial charge on any atom is 0.140 e. The van der Waals surface area contributed by atoms with Gasteiger partial charge in [-0.25, -0.2) is 0 Å². The van der Waals surface area contributed by atoms with Crippen molar-refractivity contribution in [3.63, 3.8) is 0 Å². The highest BCUT2D eigenvalue weighted by Gasteiger charge is 2.56. The van der Waals surface area contributed by atoms with Crippen molar-refractivity contribution in [2.24, 2.45) is 11.3 Å². The van der Waals surface area contributed by atoms with Gasteiger partial charge in [0.2, 0.25) is 0 Å². The van der Waals surface area contributed by atoms with Crippen molar-refractivity contribution >= 4 is 5.78 Å². The van der Waals surface area contributed by atoms with E-state index in [9.17, 15) is 4.79 Å². The Bertz CT molecular complexity index is 443. The van der Waals surface area contributed by atoms with Crippen LogP contribution in [0.4, 0.5) is 0 Å². The number of Topliss-reactive ketones (excluding diaryl/α,β-unsaturated/α-hetero) is 1. The Hall–Kier alpha value is -1.15. The molecular formula is C16H21NO. The van der Waals surface area contributed by atoms with E-state index in [-0.39, 0.29) is 0 Å². The molecule has 1 aliphatic heterocycles. The fourth-order valence-corrected chi connectivity index (χ4v) is 3.31. The molecule has 1 N–H and O–H groups in total. The van der Waals surface area contributed by atoms with E-state index < -0.39 is 0 Å². The summed E-state index contributed by atoms with van der Waals surface area (Å²) >= 11 is 0. The molecule has 2 fully saturated rings. The summed E-state index contributed by atoms with van der Waals surface area (Å²) in [6.07, 6.45) is 4.15. The van der Waals surface area contributed by atoms with Crippen molar-refractivity contribution in [3.05, 3.63) is 35.4 Å². The van der Waals surface area contributed by atoms with Crippen LogP contribution in [0, 0.1) is 18.3 Å². The Balaban J connectivity index is 1.61. The van der Waals surface area contributed by atoms with Crippen LogP contribution in [0.2, 0.25) is 0 Å². The second-order valence-electron chi connectivity index (χ2n) is 6.00. The van der Waals surface area contributed by atoms with Crippen molar-refractivity contribution in [2.75, 3.05) is 13.1 Å². The molecule has 0 amide bonds. The SMILES string of the molecule is Cc1ccc(CC(=O)C2CC23CCNCC3)cc1. The van der Waals surface area contributed by atoms with Crippen LogP contribution in [-0.4, -0.2) is 18.9 Å². The van der Waals surface area contributed by atoms with Gasteiger partial charge in [-0.3, -0.25) is 4.79 Å². The van der Waals surface area contributed by atoms with Gasteiger partial charge in [0, 0.05) is 12.3 Å². The molecule has 1 saturated heterocycles. The van der Waals surface area contributed by atoms with E-state index in [0.29, 0.717) is 23.5 Å². The van der Waals surface area contributed by atoms with Crippen LogP contribution in [0.15, 0.2) is 24.3 Å². The fourth-order valence-electron chi connectivity index (χ4n) is 3.31. The lowest BCUT2D eigenvalue weighted by molar-refractivity contribution is -0.120. The smallest absolute Gasteiger partial charge is 0.140 e. The van der Waals surface area contributed by atoms with Crippen LogP contribution in [0.1, 0.15) is 30.4 Å². The topological polar surface area (TPSA) is 29.1 Å². The van der Waals surface area contributed by atoms with Crippen LogP contribution in [0.25, 0.3) is 0 Å². The summed E-state index contributed by atoms with van der Waals surface area (Å²) in [4.78, 5) is 12.3. The number of hydrogen-bond acceptors (Lipinski definition) is 2. The summed E-state index contributed by atoms with van der Waals surface area (Å²) in [5, 5.41) is 3.38. The minimum Gasteiger partial charge on any atom is -0.317 e. The Morgan fingerprint density at radius 1 is 1.28 bits per heavy atom. The maximum absolute atomic E-state index is 12.3. The molecule has 2 nitrogen and oxygen atoms in total. The number of ketones is 1. The van der Waals surface area contributed by atoms with Gasteiger partial charge in [0.15, 0.2) is 0 Å². The number of nitrogens with one attached hydrogen (secondary N) is 1. The quantitative estimate of drug-likeness (QED) is 0.883. The third-order valence-electron chi connectivity index (χ3n) is 4.68. The number of carbonyl (C=O) groups is 1. The molecule has 1 aliphatic carbocycles. The lowest BCUT2D eigenvalue weighted by Crippen LogP contribution is -2.30. The molecule has 1 aromatic carbocycles. The lowest BCUT2D eigenvalue weighted by atomic mass is 9.89. The highest BCUT2D eigenvalue weighted by molar-refractivity contribution is 5.86. The molecule has 2 heteroatoms. The first-order valence-corrected chi connectivity index (χ1v) is 6.99. The van der Waals surface area contributed by atoms with Gasteiger partial charge < -0.3 is 5.32 Å². The van der Waals surface area contributed by atoms with E-state index in [2.05, 4.69) is 36.5 Å². The average Bonchev–Trinajstić information content (AvgIpc) is 3.07. The molecule has 1 unspecified atom stereocenters. The summed E-state index contributed by atoms with van der Waals surface area (Å²) in [7, 11) is 0. The highest BCUT2D eigenvalue weighted by atomic mass is 16.1. The highest BCUT2D eigenvalue weighted by Crippen LogP contribution is 2.59. The van der Waals surface area contributed by atoms with Crippen LogP contribution >= 0.6 is 0 Å². The van der Waals surface area contributed by atoms with Gasteiger partial charge in [0.05, 0.1) is 0 Å². The standard InChI is InChI=1S/C16H21NO/c1-12-2-4-13(5-3-12)10-15(18)14-11-16(14)6-8-17-9-7-16/h2-5,14,17H,6-11H2,1H3. The van der Waals surface area contributed by atoms with Crippen molar-refractivity contribution < 1.29 is 4.79 Å². The van der Waals surface area contributed by atoms with E-state index >= 15 is 0 Å². The number of carbonyl (C=O) groups excluding carboxylic acids is 1. The van der Waals surface area contributed by atoms with Gasteiger partial charge in [-0.05, 0) is 50.3 Å². The zero-order chi connectivity index (χ0) is 12.6. The molecule has 18 heavy (non-hydrogen) atoms. The van der Waals surface area contributed by atoms with Gasteiger partial charge in [0.25, 0.3) is 0 Å². The number of hydrogen-bond donors (Lipinski definition) is 1. The zero-order valence-electron chi connectivity index (χ0n) is 11.0. The molecule has 96 valence electrons. The van der Waals surface area contributed by atoms with Crippen molar-refractivity contribution in [1.29, 1.82) is 0 Å². The summed E-state index contributed by atoms with van der Waals surface area (Å²) in [5.41, 5.74) is 2.81. The van der Waals surface area contributed by atoms with Gasteiger partial charge in [0.1, 0.15) is 5.78 Å². The summed E-state index contributed by atoms with van der Waals surface area (Å²) < 4.78 is 0. The van der Waals surface area contributed by atoms with Gasteiger partial charge in [-0.2, -0.15) is 0 Å². The number of piperidine rings is 1. The lowest BCUT2D eigenvalue weighted by Gasteiger charge is -2.23. The molecule has 1 atom stereocenters. The van der Waals surface area contributed by atoms with E-state index in [1.807, 2.05) is 0 Å². The van der Waals surface area contributed by atoms with Crippen LogP contribution < -0.4 is 5.32 Å². The second kappa shape index (κ2) is 4.51. The summed E-state index contributed by atoms with van der Waals surface area (Å²) in [6, 6.07) is 8.36. The molecule has 1 saturated carbocycles. The van der Waals surface area contributed by atoms with E-state index in [4.69, 9.17) is 0 Å². The largest absolute Gasteiger partial charge is 0.317 e. The number of rotatable bonds is 3. The van der Waals surface area contributed by atoms with Crippen LogP contribution in [-0.2, 0) is 11.2 Å². The zero-order valence-corrected chi connectivity index (χ0v) is 11.0. The Labute approximate surface area is 109 Å². The minimum absolute atomic E-state index is 0.348. The molecule has 2 aliphatic rings. The Kier molecular flexibility index (Phi) is 2.98. The molecule has 0 radical (unpaired) electrons. The Morgan fingerprint density at radius 3 is 2.61 bits per heavy atom. The molecule has 3 rings (SSSR count). The molecule has 1 spiro atoms. The first-order valence-electron chi connectivity index (χ1n) is 6.99. The van der Waals surface area contributed by atoms with Crippen molar-refractivity contribution in [1.82, 2.24) is 5.32 Å². The summed E-state index contributed by atoms with van der Waals surface area (Å²) in [6.45, 7) is 4.26. The molecule has 1 heterocycles. The maximum atomic E-state index is 12.3. The predicted octanol–water partition coefficient (Wildman–Crippen LogP) is 2.50. The number of aryl methyl sites for hydroxylation is 1. The van der Waals surface area contributed by atoms with E-state index in [0.717, 1.165) is 19.5 Å². The van der Waals surface area contributed by atoms with Gasteiger partial charge in [-0.15, -0.1) is 0 Å². The van der Waals surface area contributed by atoms with Crippen molar-refractivity contribution in [3.8, 4) is 0 Å². The predicted molar refractivity (Wildman–Crippen MR) is 72.5 cm³/mol. The minimum atomic E-state index is 0.348. The number of benzene rings is 1. The molecule has 1 aromatic rings. The normalized spacial score (nSPS) is 25.1. The van der Waals surface area contributed by atoms with E-state index in [1.165, 1.54) is 24.0 Å². The Morgan fingerprint density at radius 2 is 1.94 bits per heavy atom. The fraction of sp³-hybridized carbons (Fsp3) is 0.562. The molecular weight excluding hydrogens is 222 g/mol. The molecule has 0 bridgehead atoms. The first-order chi connectivity index (χ1) is 8.70. The van der Waals surface area contributed by atoms with Crippen LogP contribution in [0.3, 0.4) is 0 Å². The first kappa shape index (κ1) is 11.9. The summed E-state index contributed by atoms with van der Waals surface area (Å²) in [5.74, 6) is 0.807. The third kappa shape index (κ3) is 2.22. The van der Waals surface area contributed by atoms with Crippen LogP contribution in [0.5, 0.6) is 0 Å². The monoisotopic (exact) mass is 243 g/mol. The van der Waals surface area contributed by atoms with Crippen molar-refractivity contribution in [2.45, 2.75) is 32.6 Å². The van der Waals surface area contributed by atoms with Gasteiger partial charge in [-0.1, -0.05) is 29.8 Å². The second-order valence-corrected chi connectivity index (χ2v) is 6.00. The van der Waals surface area contributed by atoms with E-state index in [1.54, 1.807) is 0 Å². The van der Waals surface area contributed by atoms with Gasteiger partial charge >= 0.3 is 0 Å². The average molecular weight is 243 g/mol. The molecule has 0 aromatic heterocycles.